The molecule has 0 bridgehead atoms. The number of benzene rings is 1. The van der Waals surface area contributed by atoms with Crippen LogP contribution in [0.2, 0.25) is 0 Å². The second kappa shape index (κ2) is 4.00. The average molecular weight is 251 g/mol. The van der Waals surface area contributed by atoms with Crippen molar-refractivity contribution in [2.45, 2.75) is 12.7 Å². The molecule has 0 radical (unpaired) electrons. The van der Waals surface area contributed by atoms with Crippen LogP contribution in [0.25, 0.3) is 10.9 Å². The maximum atomic E-state index is 12.0. The summed E-state index contributed by atoms with van der Waals surface area (Å²) in [5.74, 6) is -0.230. The van der Waals surface area contributed by atoms with Gasteiger partial charge in [0.2, 0.25) is 0 Å². The Balaban J connectivity index is 2.67. The van der Waals surface area contributed by atoms with Crippen molar-refractivity contribution in [3.8, 4) is 0 Å². The zero-order valence-corrected chi connectivity index (χ0v) is 10.5. The molecule has 1 heterocycles. The van der Waals surface area contributed by atoms with Crippen LogP contribution in [0.5, 0.6) is 0 Å². The molecule has 0 fully saturated rings. The standard InChI is InChI=1S/C12H13NO3S/c1-8-3-4-10-11(5-8)13-6-9(12(10)14)7-17(2,15)16/h3-6H,7H2,1-2H3,(H,13,14). The summed E-state index contributed by atoms with van der Waals surface area (Å²) < 4.78 is 22.4. The van der Waals surface area contributed by atoms with E-state index in [0.717, 1.165) is 17.3 Å². The molecule has 5 heteroatoms. The molecule has 0 spiro atoms. The Bertz CT molecular complexity index is 729. The summed E-state index contributed by atoms with van der Waals surface area (Å²) in [7, 11) is -3.20. The lowest BCUT2D eigenvalue weighted by molar-refractivity contribution is 0.601. The molecule has 0 aliphatic rings. The zero-order chi connectivity index (χ0) is 12.6. The highest BCUT2D eigenvalue weighted by atomic mass is 32.2. The van der Waals surface area contributed by atoms with Crippen molar-refractivity contribution >= 4 is 20.7 Å². The van der Waals surface area contributed by atoms with E-state index in [2.05, 4.69) is 4.98 Å². The predicted molar refractivity (Wildman–Crippen MR) is 67.9 cm³/mol. The minimum atomic E-state index is -3.20. The molecule has 2 rings (SSSR count). The Labute approximate surface area is 99.2 Å². The van der Waals surface area contributed by atoms with Gasteiger partial charge >= 0.3 is 0 Å². The molecule has 1 N–H and O–H groups in total. The number of aryl methyl sites for hydroxylation is 1. The fourth-order valence-electron chi connectivity index (χ4n) is 1.77. The third kappa shape index (κ3) is 2.55. The Morgan fingerprint density at radius 2 is 2.00 bits per heavy atom. The van der Waals surface area contributed by atoms with E-state index in [-0.39, 0.29) is 16.7 Å². The minimum Gasteiger partial charge on any atom is -0.361 e. The highest BCUT2D eigenvalue weighted by Crippen LogP contribution is 2.11. The second-order valence-corrected chi connectivity index (χ2v) is 6.40. The van der Waals surface area contributed by atoms with Crippen molar-refractivity contribution in [3.63, 3.8) is 0 Å². The molecule has 0 saturated carbocycles. The maximum Gasteiger partial charge on any atom is 0.193 e. The molecule has 1 aromatic heterocycles. The largest absolute Gasteiger partial charge is 0.361 e. The van der Waals surface area contributed by atoms with Crippen LogP contribution in [-0.2, 0) is 15.6 Å². The lowest BCUT2D eigenvalue weighted by atomic mass is 10.1. The Morgan fingerprint density at radius 1 is 1.29 bits per heavy atom. The van der Waals surface area contributed by atoms with Gasteiger partial charge in [0.05, 0.1) is 5.75 Å². The summed E-state index contributed by atoms with van der Waals surface area (Å²) in [6.45, 7) is 1.93. The van der Waals surface area contributed by atoms with E-state index in [4.69, 9.17) is 0 Å². The summed E-state index contributed by atoms with van der Waals surface area (Å²) in [6, 6.07) is 5.41. The van der Waals surface area contributed by atoms with Gasteiger partial charge in [-0.2, -0.15) is 0 Å². The third-order valence-corrected chi connectivity index (χ3v) is 3.37. The van der Waals surface area contributed by atoms with E-state index >= 15 is 0 Å². The van der Waals surface area contributed by atoms with Crippen molar-refractivity contribution in [3.05, 3.63) is 45.7 Å². The van der Waals surface area contributed by atoms with Gasteiger partial charge < -0.3 is 4.98 Å². The van der Waals surface area contributed by atoms with Gasteiger partial charge in [0.1, 0.15) is 0 Å². The molecule has 0 saturated heterocycles. The molecule has 17 heavy (non-hydrogen) atoms. The lowest BCUT2D eigenvalue weighted by Gasteiger charge is -2.03. The van der Waals surface area contributed by atoms with Crippen molar-refractivity contribution in [1.82, 2.24) is 4.98 Å². The number of H-pyrrole nitrogens is 1. The number of nitrogens with one attached hydrogen (secondary N) is 1. The van der Waals surface area contributed by atoms with E-state index in [0.29, 0.717) is 5.39 Å². The number of sulfone groups is 1. The fraction of sp³-hybridized carbons (Fsp3) is 0.250. The van der Waals surface area contributed by atoms with Crippen LogP contribution in [0.3, 0.4) is 0 Å². The predicted octanol–water partition coefficient (Wildman–Crippen LogP) is 1.38. The van der Waals surface area contributed by atoms with Crippen molar-refractivity contribution in [2.24, 2.45) is 0 Å². The lowest BCUT2D eigenvalue weighted by Crippen LogP contribution is -2.14. The van der Waals surface area contributed by atoms with Crippen LogP contribution in [0, 0.1) is 6.92 Å². The van der Waals surface area contributed by atoms with E-state index in [1.165, 1.54) is 6.20 Å². The first kappa shape index (κ1) is 11.9. The number of fused-ring (bicyclic) bond motifs is 1. The van der Waals surface area contributed by atoms with E-state index in [1.807, 2.05) is 19.1 Å². The fourth-order valence-corrected chi connectivity index (χ4v) is 2.55. The molecule has 0 unspecified atom stereocenters. The number of rotatable bonds is 2. The van der Waals surface area contributed by atoms with E-state index in [9.17, 15) is 13.2 Å². The molecule has 0 aliphatic carbocycles. The Kier molecular flexibility index (Phi) is 2.79. The molecule has 0 amide bonds. The molecule has 4 nitrogen and oxygen atoms in total. The summed E-state index contributed by atoms with van der Waals surface area (Å²) >= 11 is 0. The number of aromatic amines is 1. The SMILES string of the molecule is Cc1ccc2c(=O)c(CS(C)(=O)=O)c[nH]c2c1. The number of hydrogen-bond acceptors (Lipinski definition) is 3. The van der Waals surface area contributed by atoms with Gasteiger partial charge in [0.25, 0.3) is 0 Å². The number of aromatic nitrogens is 1. The molecule has 1 aromatic carbocycles. The number of pyridine rings is 1. The van der Waals surface area contributed by atoms with Gasteiger partial charge in [0.15, 0.2) is 15.3 Å². The monoisotopic (exact) mass is 251 g/mol. The van der Waals surface area contributed by atoms with E-state index < -0.39 is 9.84 Å². The van der Waals surface area contributed by atoms with Crippen LogP contribution in [0.15, 0.2) is 29.2 Å². The molecule has 2 aromatic rings. The second-order valence-electron chi connectivity index (χ2n) is 4.26. The summed E-state index contributed by atoms with van der Waals surface area (Å²) in [5.41, 5.74) is 1.84. The van der Waals surface area contributed by atoms with Crippen molar-refractivity contribution < 1.29 is 8.42 Å². The van der Waals surface area contributed by atoms with E-state index in [1.54, 1.807) is 6.07 Å². The first-order valence-electron chi connectivity index (χ1n) is 5.15. The molecular weight excluding hydrogens is 238 g/mol. The average Bonchev–Trinajstić information content (AvgIpc) is 2.20. The summed E-state index contributed by atoms with van der Waals surface area (Å²) in [4.78, 5) is 15.0. The minimum absolute atomic E-state index is 0.218. The van der Waals surface area contributed by atoms with Crippen LogP contribution in [0.4, 0.5) is 0 Å². The van der Waals surface area contributed by atoms with Gasteiger partial charge in [-0.15, -0.1) is 0 Å². The third-order valence-electron chi connectivity index (χ3n) is 2.53. The number of hydrogen-bond donors (Lipinski definition) is 1. The Hall–Kier alpha value is -1.62. The topological polar surface area (TPSA) is 67.0 Å². The first-order chi connectivity index (χ1) is 7.87. The molecular formula is C12H13NO3S. The molecule has 0 aliphatic heterocycles. The maximum absolute atomic E-state index is 12.0. The van der Waals surface area contributed by atoms with Crippen LogP contribution in [-0.4, -0.2) is 19.7 Å². The van der Waals surface area contributed by atoms with Gasteiger partial charge in [-0.25, -0.2) is 8.42 Å². The van der Waals surface area contributed by atoms with Gasteiger partial charge in [-0.1, -0.05) is 6.07 Å². The normalized spacial score (nSPS) is 11.9. The Morgan fingerprint density at radius 3 is 2.65 bits per heavy atom. The van der Waals surface area contributed by atoms with Crippen LogP contribution in [0.1, 0.15) is 11.1 Å². The molecule has 90 valence electrons. The van der Waals surface area contributed by atoms with Gasteiger partial charge in [-0.3, -0.25) is 4.79 Å². The van der Waals surface area contributed by atoms with Crippen molar-refractivity contribution in [1.29, 1.82) is 0 Å². The highest BCUT2D eigenvalue weighted by Gasteiger charge is 2.10. The van der Waals surface area contributed by atoms with Gasteiger partial charge in [-0.05, 0) is 24.6 Å². The zero-order valence-electron chi connectivity index (χ0n) is 9.65. The first-order valence-corrected chi connectivity index (χ1v) is 7.21. The smallest absolute Gasteiger partial charge is 0.193 e. The quantitative estimate of drug-likeness (QED) is 0.876. The van der Waals surface area contributed by atoms with Crippen LogP contribution >= 0.6 is 0 Å². The van der Waals surface area contributed by atoms with Crippen molar-refractivity contribution in [2.75, 3.05) is 6.26 Å². The molecule has 0 atom stereocenters. The summed E-state index contributed by atoms with van der Waals surface area (Å²) in [6.07, 6.45) is 2.59. The summed E-state index contributed by atoms with van der Waals surface area (Å²) in [5, 5.41) is 0.525. The highest BCUT2D eigenvalue weighted by molar-refractivity contribution is 7.89. The van der Waals surface area contributed by atoms with Gasteiger partial charge in [0, 0.05) is 28.9 Å². The van der Waals surface area contributed by atoms with Crippen LogP contribution < -0.4 is 5.43 Å².